The largest absolute Gasteiger partial charge is 0.295 e. The Labute approximate surface area is 116 Å². The van der Waals surface area contributed by atoms with Crippen LogP contribution in [0.3, 0.4) is 0 Å². The van der Waals surface area contributed by atoms with Gasteiger partial charge in [-0.05, 0) is 30.5 Å². The van der Waals surface area contributed by atoms with Gasteiger partial charge in [-0.25, -0.2) is 8.78 Å². The highest BCUT2D eigenvalue weighted by Gasteiger charge is 2.22. The Kier molecular flexibility index (Phi) is 3.80. The molecule has 2 aromatic rings. The summed E-state index contributed by atoms with van der Waals surface area (Å²) >= 11 is 0. The Morgan fingerprint density at radius 3 is 2.45 bits per heavy atom. The number of hydrogen-bond donors (Lipinski definition) is 1. The Hall–Kier alpha value is -1.53. The van der Waals surface area contributed by atoms with Crippen LogP contribution in [-0.2, 0) is 16.5 Å². The Balaban J connectivity index is 3.03. The van der Waals surface area contributed by atoms with Crippen LogP contribution in [0.1, 0.15) is 24.5 Å². The highest BCUT2D eigenvalue weighted by Crippen LogP contribution is 2.32. The van der Waals surface area contributed by atoms with Crippen LogP contribution in [0.5, 0.6) is 0 Å². The molecule has 20 heavy (non-hydrogen) atoms. The van der Waals surface area contributed by atoms with Gasteiger partial charge in [0.25, 0.3) is 10.1 Å². The molecule has 1 N–H and O–H groups in total. The van der Waals surface area contributed by atoms with Gasteiger partial charge >= 0.3 is 0 Å². The number of benzene rings is 2. The Morgan fingerprint density at radius 1 is 1.25 bits per heavy atom. The molecule has 0 saturated heterocycles. The van der Waals surface area contributed by atoms with Gasteiger partial charge in [-0.3, -0.25) is 4.55 Å². The second kappa shape index (κ2) is 5.10. The summed E-state index contributed by atoms with van der Waals surface area (Å²) in [5, 5.41) is -0.0695. The molecule has 6 heteroatoms. The van der Waals surface area contributed by atoms with Gasteiger partial charge in [-0.15, -0.1) is 0 Å². The predicted octanol–water partition coefficient (Wildman–Crippen LogP) is 3.63. The van der Waals surface area contributed by atoms with E-state index in [-0.39, 0.29) is 10.8 Å². The van der Waals surface area contributed by atoms with Crippen molar-refractivity contribution >= 4 is 20.9 Å². The number of rotatable bonds is 3. The molecule has 0 radical (unpaired) electrons. The molecule has 0 spiro atoms. The molecule has 2 rings (SSSR count). The Bertz CT molecular complexity index is 783. The zero-order valence-electron chi connectivity index (χ0n) is 11.1. The summed E-state index contributed by atoms with van der Waals surface area (Å²) in [7, 11) is -4.62. The van der Waals surface area contributed by atoms with E-state index in [0.717, 1.165) is 5.56 Å². The van der Waals surface area contributed by atoms with Crippen molar-refractivity contribution < 1.29 is 21.8 Å². The van der Waals surface area contributed by atoms with Gasteiger partial charge in [0.15, 0.2) is 11.6 Å². The molecule has 0 fully saturated rings. The molecule has 0 bridgehead atoms. The van der Waals surface area contributed by atoms with Gasteiger partial charge in [-0.1, -0.05) is 25.5 Å². The summed E-state index contributed by atoms with van der Waals surface area (Å²) in [4.78, 5) is -0.608. The molecular formula is C14H14F2O3S. The van der Waals surface area contributed by atoms with E-state index in [0.29, 0.717) is 24.5 Å². The van der Waals surface area contributed by atoms with Crippen LogP contribution in [0.2, 0.25) is 0 Å². The van der Waals surface area contributed by atoms with Crippen LogP contribution in [-0.4, -0.2) is 13.0 Å². The van der Waals surface area contributed by atoms with Crippen molar-refractivity contribution in [2.75, 3.05) is 0 Å². The molecule has 108 valence electrons. The zero-order valence-corrected chi connectivity index (χ0v) is 11.9. The van der Waals surface area contributed by atoms with Crippen LogP contribution in [0.25, 0.3) is 10.8 Å². The molecule has 0 unspecified atom stereocenters. The maximum Gasteiger partial charge on any atom is 0.295 e. The maximum atomic E-state index is 14.1. The summed E-state index contributed by atoms with van der Waals surface area (Å²) in [6.07, 6.45) is 1.20. The predicted molar refractivity (Wildman–Crippen MR) is 72.4 cm³/mol. The maximum absolute atomic E-state index is 14.1. The van der Waals surface area contributed by atoms with Gasteiger partial charge in [0.1, 0.15) is 4.90 Å². The second-order valence-corrected chi connectivity index (χ2v) is 6.07. The lowest BCUT2D eigenvalue weighted by atomic mass is 9.96. The first-order valence-electron chi connectivity index (χ1n) is 6.15. The molecule has 0 aromatic heterocycles. The van der Waals surface area contributed by atoms with E-state index in [4.69, 9.17) is 0 Å². The lowest BCUT2D eigenvalue weighted by Gasteiger charge is -2.13. The van der Waals surface area contributed by atoms with Crippen molar-refractivity contribution in [3.8, 4) is 0 Å². The number of aryl methyl sites for hydroxylation is 2. The lowest BCUT2D eigenvalue weighted by molar-refractivity contribution is 0.480. The zero-order chi connectivity index (χ0) is 15.1. The molecule has 0 saturated carbocycles. The molecule has 0 atom stereocenters. The molecule has 3 nitrogen and oxygen atoms in total. The standard InChI is InChI=1S/C14H14F2O3S/c1-3-4-9-8(2)5-6-10-12(20(17,18)19)7-11(15)14(16)13(9)10/h5-7H,3-4H2,1-2H3,(H,17,18,19). The lowest BCUT2D eigenvalue weighted by Crippen LogP contribution is -2.04. The third kappa shape index (κ3) is 2.41. The van der Waals surface area contributed by atoms with E-state index < -0.39 is 26.6 Å². The SMILES string of the molecule is CCCc1c(C)ccc2c(S(=O)(=O)O)cc(F)c(F)c12. The monoisotopic (exact) mass is 300 g/mol. The summed E-state index contributed by atoms with van der Waals surface area (Å²) in [6.45, 7) is 3.64. The van der Waals surface area contributed by atoms with Crippen molar-refractivity contribution in [2.24, 2.45) is 0 Å². The van der Waals surface area contributed by atoms with Crippen LogP contribution in [0.4, 0.5) is 8.78 Å². The third-order valence-electron chi connectivity index (χ3n) is 3.28. The molecule has 0 aliphatic heterocycles. The van der Waals surface area contributed by atoms with Crippen LogP contribution in [0, 0.1) is 18.6 Å². The number of fused-ring (bicyclic) bond motifs is 1. The molecule has 0 amide bonds. The summed E-state index contributed by atoms with van der Waals surface area (Å²) in [6, 6.07) is 3.53. The summed E-state index contributed by atoms with van der Waals surface area (Å²) < 4.78 is 59.6. The average Bonchev–Trinajstić information content (AvgIpc) is 2.35. The first-order chi connectivity index (χ1) is 9.27. The van der Waals surface area contributed by atoms with Crippen molar-refractivity contribution in [2.45, 2.75) is 31.6 Å². The minimum atomic E-state index is -4.62. The molecule has 0 aliphatic carbocycles. The quantitative estimate of drug-likeness (QED) is 0.881. The van der Waals surface area contributed by atoms with Gasteiger partial charge in [0, 0.05) is 10.8 Å². The minimum Gasteiger partial charge on any atom is -0.282 e. The van der Waals surface area contributed by atoms with Crippen molar-refractivity contribution in [3.63, 3.8) is 0 Å². The third-order valence-corrected chi connectivity index (χ3v) is 4.17. The van der Waals surface area contributed by atoms with Gasteiger partial charge in [0.2, 0.25) is 0 Å². The topological polar surface area (TPSA) is 54.4 Å². The fourth-order valence-electron chi connectivity index (χ4n) is 2.37. The van der Waals surface area contributed by atoms with E-state index in [1.165, 1.54) is 6.07 Å². The van der Waals surface area contributed by atoms with Crippen molar-refractivity contribution in [1.82, 2.24) is 0 Å². The minimum absolute atomic E-state index is 0.000417. The fraction of sp³-hybridized carbons (Fsp3) is 0.286. The fourth-order valence-corrected chi connectivity index (χ4v) is 3.07. The van der Waals surface area contributed by atoms with Crippen molar-refractivity contribution in [1.29, 1.82) is 0 Å². The molecular weight excluding hydrogens is 286 g/mol. The summed E-state index contributed by atoms with van der Waals surface area (Å²) in [5.74, 6) is -2.37. The Morgan fingerprint density at radius 2 is 1.90 bits per heavy atom. The van der Waals surface area contributed by atoms with Gasteiger partial charge in [0.05, 0.1) is 0 Å². The van der Waals surface area contributed by atoms with Crippen LogP contribution >= 0.6 is 0 Å². The van der Waals surface area contributed by atoms with Gasteiger partial charge < -0.3 is 0 Å². The number of hydrogen-bond acceptors (Lipinski definition) is 2. The van der Waals surface area contributed by atoms with E-state index in [1.807, 2.05) is 6.92 Å². The van der Waals surface area contributed by atoms with Crippen LogP contribution < -0.4 is 0 Å². The molecule has 2 aromatic carbocycles. The van der Waals surface area contributed by atoms with E-state index in [1.54, 1.807) is 13.0 Å². The van der Waals surface area contributed by atoms with E-state index in [2.05, 4.69) is 0 Å². The normalized spacial score (nSPS) is 12.1. The highest BCUT2D eigenvalue weighted by atomic mass is 32.2. The first kappa shape index (κ1) is 14.9. The molecule has 0 heterocycles. The second-order valence-electron chi connectivity index (χ2n) is 4.68. The first-order valence-corrected chi connectivity index (χ1v) is 7.59. The van der Waals surface area contributed by atoms with E-state index in [9.17, 15) is 21.8 Å². The summed E-state index contributed by atoms with van der Waals surface area (Å²) in [5.41, 5.74) is 1.32. The molecule has 0 aliphatic rings. The van der Waals surface area contributed by atoms with E-state index >= 15 is 0 Å². The van der Waals surface area contributed by atoms with Crippen molar-refractivity contribution in [3.05, 3.63) is 41.0 Å². The average molecular weight is 300 g/mol. The smallest absolute Gasteiger partial charge is 0.282 e. The highest BCUT2D eigenvalue weighted by molar-refractivity contribution is 7.86. The van der Waals surface area contributed by atoms with Gasteiger partial charge in [-0.2, -0.15) is 8.42 Å². The number of halogens is 2. The van der Waals surface area contributed by atoms with Crippen LogP contribution in [0.15, 0.2) is 23.1 Å².